The van der Waals surface area contributed by atoms with Crippen LogP contribution in [0.5, 0.6) is 0 Å². The first-order chi connectivity index (χ1) is 11.0. The van der Waals surface area contributed by atoms with Gasteiger partial charge >= 0.3 is 11.9 Å². The normalized spacial score (nSPS) is 15.7. The number of carboxylic acid groups (broad SMARTS) is 2. The zero-order chi connectivity index (χ0) is 16.8. The van der Waals surface area contributed by atoms with Gasteiger partial charge in [-0.25, -0.2) is 9.59 Å². The smallest absolute Gasteiger partial charge is 0.328 e. The molecule has 0 bridgehead atoms. The molecule has 2 aromatic heterocycles. The summed E-state index contributed by atoms with van der Waals surface area (Å²) in [7, 11) is 0. The number of carbonyl (C=O) groups is 2. The Kier molecular flexibility index (Phi) is 5.42. The molecule has 23 heavy (non-hydrogen) atoms. The Bertz CT molecular complexity index is 712. The third kappa shape index (κ3) is 4.36. The highest BCUT2D eigenvalue weighted by Crippen LogP contribution is 2.42. The van der Waals surface area contributed by atoms with Crippen molar-refractivity contribution in [3.8, 4) is 0 Å². The summed E-state index contributed by atoms with van der Waals surface area (Å²) in [6.07, 6.45) is 6.89. The summed E-state index contributed by atoms with van der Waals surface area (Å²) in [5.74, 6) is -1.53. The van der Waals surface area contributed by atoms with E-state index in [-0.39, 0.29) is 0 Å². The molecule has 120 valence electrons. The number of hydrogen-bond acceptors (Lipinski definition) is 5. The molecule has 4 N–H and O–H groups in total. The van der Waals surface area contributed by atoms with Gasteiger partial charge in [-0.1, -0.05) is 6.07 Å². The van der Waals surface area contributed by atoms with Gasteiger partial charge in [0.05, 0.1) is 11.4 Å². The van der Waals surface area contributed by atoms with Crippen molar-refractivity contribution in [2.24, 2.45) is 0 Å². The van der Waals surface area contributed by atoms with Crippen molar-refractivity contribution in [2.45, 2.75) is 11.1 Å². The molecule has 8 heteroatoms. The number of nitrogen functional groups attached to an aromatic ring is 1. The average Bonchev–Trinajstić information content (AvgIpc) is 3.10. The topological polar surface area (TPSA) is 118 Å². The van der Waals surface area contributed by atoms with E-state index < -0.39 is 11.9 Å². The highest BCUT2D eigenvalue weighted by Gasteiger charge is 2.25. The lowest BCUT2D eigenvalue weighted by molar-refractivity contribution is -0.134. The molecule has 1 aliphatic heterocycles. The molecule has 3 heterocycles. The predicted molar refractivity (Wildman–Crippen MR) is 86.9 cm³/mol. The molecule has 0 spiro atoms. The molecule has 0 saturated heterocycles. The minimum Gasteiger partial charge on any atom is -0.478 e. The van der Waals surface area contributed by atoms with Crippen molar-refractivity contribution in [3.05, 3.63) is 60.2 Å². The summed E-state index contributed by atoms with van der Waals surface area (Å²) in [4.78, 5) is 23.3. The molecule has 1 atom stereocenters. The van der Waals surface area contributed by atoms with Gasteiger partial charge in [-0.2, -0.15) is 0 Å². The molecule has 1 unspecified atom stereocenters. The molecule has 0 aliphatic carbocycles. The number of carboxylic acids is 2. The number of aromatic nitrogens is 2. The summed E-state index contributed by atoms with van der Waals surface area (Å²) in [5.41, 5.74) is 9.24. The van der Waals surface area contributed by atoms with Crippen molar-refractivity contribution < 1.29 is 19.8 Å². The van der Waals surface area contributed by atoms with E-state index in [4.69, 9.17) is 15.9 Å². The van der Waals surface area contributed by atoms with Crippen LogP contribution in [0.25, 0.3) is 0 Å². The lowest BCUT2D eigenvalue weighted by Crippen LogP contribution is -2.02. The largest absolute Gasteiger partial charge is 0.478 e. The first kappa shape index (κ1) is 16.6. The fourth-order valence-corrected chi connectivity index (χ4v) is 3.35. The number of hydrogen-bond donors (Lipinski definition) is 3. The minimum absolute atomic E-state index is 0.339. The van der Waals surface area contributed by atoms with Crippen molar-refractivity contribution in [1.82, 2.24) is 9.55 Å². The molecule has 0 aromatic carbocycles. The van der Waals surface area contributed by atoms with E-state index in [1.807, 2.05) is 30.1 Å². The minimum atomic E-state index is -1.26. The van der Waals surface area contributed by atoms with Gasteiger partial charge in [-0.05, 0) is 12.1 Å². The molecule has 0 fully saturated rings. The molecule has 2 aromatic rings. The van der Waals surface area contributed by atoms with Gasteiger partial charge in [0.25, 0.3) is 0 Å². The Morgan fingerprint density at radius 1 is 1.30 bits per heavy atom. The monoisotopic (exact) mass is 333 g/mol. The van der Waals surface area contributed by atoms with E-state index in [1.165, 1.54) is 11.3 Å². The number of fused-ring (bicyclic) bond motifs is 1. The maximum absolute atomic E-state index is 9.55. The van der Waals surface area contributed by atoms with Gasteiger partial charge < -0.3 is 20.5 Å². The number of rotatable bonds is 3. The molecule has 1 aliphatic rings. The third-order valence-electron chi connectivity index (χ3n) is 3.03. The Labute approximate surface area is 136 Å². The number of thioether (sulfide) groups is 1. The third-order valence-corrected chi connectivity index (χ3v) is 4.28. The standard InChI is InChI=1S/C11H11N3S.C4H4O4/c12-9-3-5-14-10(9)7-15-11(14)8-2-1-4-13-6-8;5-3(6)1-2-4(7)8/h1-6,11H,7,12H2;1-2H,(H,5,6)(H,7,8)/b;2-1+. The lowest BCUT2D eigenvalue weighted by atomic mass is 10.3. The second-order valence-electron chi connectivity index (χ2n) is 4.58. The van der Waals surface area contributed by atoms with Crippen LogP contribution in [0.1, 0.15) is 16.6 Å². The van der Waals surface area contributed by atoms with Crippen molar-refractivity contribution in [2.75, 3.05) is 5.73 Å². The van der Waals surface area contributed by atoms with Crippen molar-refractivity contribution >= 4 is 29.4 Å². The van der Waals surface area contributed by atoms with E-state index in [0.717, 1.165) is 11.4 Å². The van der Waals surface area contributed by atoms with Gasteiger partial charge in [0.1, 0.15) is 5.37 Å². The Balaban J connectivity index is 0.000000207. The maximum Gasteiger partial charge on any atom is 0.328 e. The number of anilines is 1. The van der Waals surface area contributed by atoms with Crippen LogP contribution in [0, 0.1) is 0 Å². The number of nitrogens with zero attached hydrogens (tertiary/aromatic N) is 2. The number of nitrogens with two attached hydrogens (primary N) is 1. The molecule has 0 amide bonds. The van der Waals surface area contributed by atoms with Crippen LogP contribution < -0.4 is 5.73 Å². The SMILES string of the molecule is Nc1ccn2c1CSC2c1cccnc1.O=C(O)/C=C/C(=O)O. The summed E-state index contributed by atoms with van der Waals surface area (Å²) < 4.78 is 2.23. The van der Waals surface area contributed by atoms with Crippen LogP contribution in [0.15, 0.2) is 48.9 Å². The van der Waals surface area contributed by atoms with Gasteiger partial charge in [0.2, 0.25) is 0 Å². The first-order valence-electron chi connectivity index (χ1n) is 6.59. The highest BCUT2D eigenvalue weighted by molar-refractivity contribution is 7.99. The van der Waals surface area contributed by atoms with Crippen molar-refractivity contribution in [1.29, 1.82) is 0 Å². The van der Waals surface area contributed by atoms with Crippen LogP contribution >= 0.6 is 11.8 Å². The highest BCUT2D eigenvalue weighted by atomic mass is 32.2. The van der Waals surface area contributed by atoms with E-state index in [9.17, 15) is 9.59 Å². The molecule has 3 rings (SSSR count). The predicted octanol–water partition coefficient (Wildman–Crippen LogP) is 1.97. The Hall–Kier alpha value is -2.74. The van der Waals surface area contributed by atoms with Crippen LogP contribution in [0.2, 0.25) is 0 Å². The van der Waals surface area contributed by atoms with Gasteiger partial charge in [-0.15, -0.1) is 11.8 Å². The lowest BCUT2D eigenvalue weighted by Gasteiger charge is -2.11. The molecule has 7 nitrogen and oxygen atoms in total. The summed E-state index contributed by atoms with van der Waals surface area (Å²) in [6.45, 7) is 0. The van der Waals surface area contributed by atoms with Crippen LogP contribution in [0.4, 0.5) is 5.69 Å². The second kappa shape index (κ2) is 7.50. The number of aliphatic carboxylic acids is 2. The van der Waals surface area contributed by atoms with Crippen LogP contribution in [-0.2, 0) is 15.3 Å². The summed E-state index contributed by atoms with van der Waals surface area (Å²) in [5, 5.41) is 16.0. The fourth-order valence-electron chi connectivity index (χ4n) is 2.03. The van der Waals surface area contributed by atoms with Gasteiger partial charge in [-0.3, -0.25) is 4.98 Å². The van der Waals surface area contributed by atoms with Gasteiger partial charge in [0.15, 0.2) is 0 Å². The Morgan fingerprint density at radius 2 is 2.00 bits per heavy atom. The maximum atomic E-state index is 9.55. The zero-order valence-electron chi connectivity index (χ0n) is 12.0. The quantitative estimate of drug-likeness (QED) is 0.735. The summed E-state index contributed by atoms with van der Waals surface area (Å²) in [6, 6.07) is 6.05. The Morgan fingerprint density at radius 3 is 2.57 bits per heavy atom. The van der Waals surface area contributed by atoms with Crippen LogP contribution in [-0.4, -0.2) is 31.7 Å². The average molecular weight is 333 g/mol. The molecule has 0 radical (unpaired) electrons. The van der Waals surface area contributed by atoms with Crippen LogP contribution in [0.3, 0.4) is 0 Å². The molecule has 0 saturated carbocycles. The fraction of sp³-hybridized carbons (Fsp3) is 0.133. The van der Waals surface area contributed by atoms with Crippen molar-refractivity contribution in [3.63, 3.8) is 0 Å². The second-order valence-corrected chi connectivity index (χ2v) is 5.65. The first-order valence-corrected chi connectivity index (χ1v) is 7.64. The molecular formula is C15H15N3O4S. The van der Waals surface area contributed by atoms with E-state index in [1.54, 1.807) is 6.20 Å². The van der Waals surface area contributed by atoms with E-state index in [2.05, 4.69) is 21.8 Å². The van der Waals surface area contributed by atoms with Gasteiger partial charge in [0, 0.05) is 42.1 Å². The molecular weight excluding hydrogens is 318 g/mol. The zero-order valence-corrected chi connectivity index (χ0v) is 12.8. The van der Waals surface area contributed by atoms with E-state index in [0.29, 0.717) is 17.5 Å². The van der Waals surface area contributed by atoms with E-state index >= 15 is 0 Å². The summed E-state index contributed by atoms with van der Waals surface area (Å²) >= 11 is 1.89. The number of pyridine rings is 1.